The Balaban J connectivity index is 1.71. The molecule has 4 heteroatoms. The van der Waals surface area contributed by atoms with Gasteiger partial charge in [-0.3, -0.25) is 10.1 Å². The molecular weight excluding hydrogens is 276 g/mol. The number of fused-ring (bicyclic) bond motifs is 2. The van der Waals surface area contributed by atoms with Crippen molar-refractivity contribution >= 4 is 11.9 Å². The van der Waals surface area contributed by atoms with Crippen molar-refractivity contribution < 1.29 is 9.59 Å². The number of nitrogens with zero attached hydrogens (tertiary/aromatic N) is 1. The van der Waals surface area contributed by atoms with E-state index in [1.54, 1.807) is 24.3 Å². The predicted molar refractivity (Wildman–Crippen MR) is 85.5 cm³/mol. The largest absolute Gasteiger partial charge is 0.324 e. The van der Waals surface area contributed by atoms with Crippen molar-refractivity contribution in [2.75, 3.05) is 6.54 Å². The maximum Gasteiger partial charge on any atom is 0.324 e. The third-order valence-electron chi connectivity index (χ3n) is 5.90. The van der Waals surface area contributed by atoms with Crippen LogP contribution in [0.1, 0.15) is 50.4 Å². The van der Waals surface area contributed by atoms with Gasteiger partial charge in [0.25, 0.3) is 5.91 Å². The van der Waals surface area contributed by atoms with Crippen LogP contribution in [0.4, 0.5) is 4.79 Å². The molecule has 0 radical (unpaired) electrons. The molecule has 1 aromatic carbocycles. The van der Waals surface area contributed by atoms with E-state index in [0.717, 1.165) is 25.8 Å². The lowest BCUT2D eigenvalue weighted by molar-refractivity contribution is 0.0709. The Hall–Kier alpha value is -1.84. The van der Waals surface area contributed by atoms with Crippen LogP contribution in [0.2, 0.25) is 0 Å². The maximum absolute atomic E-state index is 12.5. The van der Waals surface area contributed by atoms with Crippen LogP contribution in [0.25, 0.3) is 0 Å². The molecule has 1 aromatic rings. The summed E-state index contributed by atoms with van der Waals surface area (Å²) >= 11 is 0. The van der Waals surface area contributed by atoms with Gasteiger partial charge >= 0.3 is 6.03 Å². The zero-order valence-corrected chi connectivity index (χ0v) is 13.6. The zero-order valence-electron chi connectivity index (χ0n) is 13.6. The summed E-state index contributed by atoms with van der Waals surface area (Å²) in [5, 5.41) is 2.54. The Kier molecular flexibility index (Phi) is 3.50. The molecule has 2 fully saturated rings. The Morgan fingerprint density at radius 1 is 1.18 bits per heavy atom. The van der Waals surface area contributed by atoms with Crippen LogP contribution in [0.3, 0.4) is 0 Å². The lowest BCUT2D eigenvalue weighted by atomic mass is 9.60. The molecular formula is C18H24N2O2. The van der Waals surface area contributed by atoms with Gasteiger partial charge in [0.15, 0.2) is 0 Å². The van der Waals surface area contributed by atoms with Crippen molar-refractivity contribution in [3.05, 3.63) is 35.9 Å². The van der Waals surface area contributed by atoms with Crippen LogP contribution in [0, 0.1) is 10.8 Å². The van der Waals surface area contributed by atoms with Crippen molar-refractivity contribution in [3.8, 4) is 0 Å². The van der Waals surface area contributed by atoms with Crippen LogP contribution in [0.15, 0.2) is 30.3 Å². The van der Waals surface area contributed by atoms with Gasteiger partial charge in [0, 0.05) is 18.2 Å². The zero-order chi connectivity index (χ0) is 16.0. The smallest absolute Gasteiger partial charge is 0.321 e. The van der Waals surface area contributed by atoms with Gasteiger partial charge in [0.2, 0.25) is 0 Å². The van der Waals surface area contributed by atoms with Crippen LogP contribution in [-0.2, 0) is 0 Å². The van der Waals surface area contributed by atoms with E-state index < -0.39 is 0 Å². The highest BCUT2D eigenvalue weighted by Crippen LogP contribution is 2.55. The second-order valence-electron chi connectivity index (χ2n) is 7.59. The number of carbonyl (C=O) groups excluding carboxylic acids is 2. The Bertz CT molecular complexity index is 596. The molecule has 3 amide bonds. The number of nitrogens with one attached hydrogen (secondary N) is 1. The molecule has 2 atom stereocenters. The SMILES string of the molecule is CC1(C)CC[C@H]2C[C@@]1(C)CN2C(=O)NC(=O)c1ccccc1. The molecule has 22 heavy (non-hydrogen) atoms. The van der Waals surface area contributed by atoms with E-state index in [9.17, 15) is 9.59 Å². The summed E-state index contributed by atoms with van der Waals surface area (Å²) in [5.74, 6) is -0.323. The summed E-state index contributed by atoms with van der Waals surface area (Å²) in [6, 6.07) is 8.90. The molecule has 1 saturated carbocycles. The van der Waals surface area contributed by atoms with Crippen LogP contribution in [0.5, 0.6) is 0 Å². The first-order chi connectivity index (χ1) is 10.3. The number of urea groups is 1. The van der Waals surface area contributed by atoms with Crippen molar-refractivity contribution in [2.24, 2.45) is 10.8 Å². The van der Waals surface area contributed by atoms with Gasteiger partial charge in [-0.2, -0.15) is 0 Å². The van der Waals surface area contributed by atoms with Crippen molar-refractivity contribution in [1.82, 2.24) is 10.2 Å². The topological polar surface area (TPSA) is 49.4 Å². The highest BCUT2D eigenvalue weighted by Gasteiger charge is 2.54. The molecule has 0 aromatic heterocycles. The summed E-state index contributed by atoms with van der Waals surface area (Å²) in [7, 11) is 0. The van der Waals surface area contributed by atoms with E-state index in [1.165, 1.54) is 0 Å². The molecule has 1 saturated heterocycles. The molecule has 1 aliphatic heterocycles. The molecule has 1 N–H and O–H groups in total. The highest BCUT2D eigenvalue weighted by atomic mass is 16.2. The summed E-state index contributed by atoms with van der Waals surface area (Å²) in [4.78, 5) is 26.5. The number of benzene rings is 1. The summed E-state index contributed by atoms with van der Waals surface area (Å²) in [5.41, 5.74) is 0.898. The van der Waals surface area contributed by atoms with E-state index >= 15 is 0 Å². The van der Waals surface area contributed by atoms with Crippen molar-refractivity contribution in [1.29, 1.82) is 0 Å². The molecule has 1 heterocycles. The van der Waals surface area contributed by atoms with Gasteiger partial charge in [-0.15, -0.1) is 0 Å². The minimum absolute atomic E-state index is 0.142. The number of likely N-dealkylation sites (tertiary alicyclic amines) is 1. The predicted octanol–water partition coefficient (Wildman–Crippen LogP) is 3.44. The molecule has 4 nitrogen and oxygen atoms in total. The first-order valence-electron chi connectivity index (χ1n) is 7.99. The average Bonchev–Trinajstić information content (AvgIpc) is 2.80. The van der Waals surface area contributed by atoms with Gasteiger partial charge in [-0.1, -0.05) is 39.0 Å². The fraction of sp³-hybridized carbons (Fsp3) is 0.556. The summed E-state index contributed by atoms with van der Waals surface area (Å²) in [6.07, 6.45) is 3.19. The summed E-state index contributed by atoms with van der Waals surface area (Å²) in [6.45, 7) is 7.59. The van der Waals surface area contributed by atoms with Crippen molar-refractivity contribution in [2.45, 2.75) is 46.1 Å². The highest BCUT2D eigenvalue weighted by molar-refractivity contribution is 6.04. The Labute approximate surface area is 131 Å². The van der Waals surface area contributed by atoms with Gasteiger partial charge < -0.3 is 4.90 Å². The fourth-order valence-corrected chi connectivity index (χ4v) is 3.85. The fourth-order valence-electron chi connectivity index (χ4n) is 3.85. The minimum atomic E-state index is -0.323. The van der Waals surface area contributed by atoms with Gasteiger partial charge in [0.1, 0.15) is 0 Å². The number of rotatable bonds is 1. The molecule has 3 rings (SSSR count). The maximum atomic E-state index is 12.5. The second-order valence-corrected chi connectivity index (χ2v) is 7.59. The first kappa shape index (κ1) is 15.1. The average molecular weight is 300 g/mol. The number of carbonyl (C=O) groups is 2. The third kappa shape index (κ3) is 2.40. The van der Waals surface area contributed by atoms with E-state index in [1.807, 2.05) is 11.0 Å². The van der Waals surface area contributed by atoms with Gasteiger partial charge in [-0.25, -0.2) is 4.79 Å². The lowest BCUT2D eigenvalue weighted by Crippen LogP contribution is -2.45. The van der Waals surface area contributed by atoms with Crippen molar-refractivity contribution in [3.63, 3.8) is 0 Å². The third-order valence-corrected chi connectivity index (χ3v) is 5.90. The molecule has 0 unspecified atom stereocenters. The molecule has 118 valence electrons. The standard InChI is InChI=1S/C18H24N2O2/c1-17(2)10-9-14-11-18(17,3)12-20(14)16(22)19-15(21)13-7-5-4-6-8-13/h4-8,14H,9-12H2,1-3H3,(H,19,21,22)/t14-,18-/m0/s1. The van der Waals surface area contributed by atoms with E-state index in [2.05, 4.69) is 26.1 Å². The molecule has 2 bridgehead atoms. The van der Waals surface area contributed by atoms with E-state index in [0.29, 0.717) is 5.56 Å². The number of imide groups is 1. The summed E-state index contributed by atoms with van der Waals surface area (Å²) < 4.78 is 0. The quantitative estimate of drug-likeness (QED) is 0.863. The van der Waals surface area contributed by atoms with Gasteiger partial charge in [0.05, 0.1) is 0 Å². The number of hydrogen-bond acceptors (Lipinski definition) is 2. The Morgan fingerprint density at radius 2 is 1.86 bits per heavy atom. The monoisotopic (exact) mass is 300 g/mol. The first-order valence-corrected chi connectivity index (χ1v) is 7.99. The normalized spacial score (nSPS) is 29.2. The van der Waals surface area contributed by atoms with Crippen LogP contribution in [-0.4, -0.2) is 29.4 Å². The minimum Gasteiger partial charge on any atom is -0.321 e. The second kappa shape index (κ2) is 5.11. The van der Waals surface area contributed by atoms with E-state index in [-0.39, 0.29) is 28.8 Å². The van der Waals surface area contributed by atoms with Crippen LogP contribution < -0.4 is 5.32 Å². The number of hydrogen-bond donors (Lipinski definition) is 1. The number of amides is 3. The Morgan fingerprint density at radius 3 is 2.50 bits per heavy atom. The van der Waals surface area contributed by atoms with E-state index in [4.69, 9.17) is 0 Å². The van der Waals surface area contributed by atoms with Gasteiger partial charge in [-0.05, 0) is 42.2 Å². The van der Waals surface area contributed by atoms with Crippen LogP contribution >= 0.6 is 0 Å². The molecule has 1 aliphatic carbocycles. The lowest BCUT2D eigenvalue weighted by Gasteiger charge is -2.44. The molecule has 2 aliphatic rings. The molecule has 0 spiro atoms.